The zero-order valence-corrected chi connectivity index (χ0v) is 22.5. The summed E-state index contributed by atoms with van der Waals surface area (Å²) >= 11 is 0. The monoisotopic (exact) mass is 630 g/mol. The largest absolute Gasteiger partial charge is 0.508 e. The van der Waals surface area contributed by atoms with Crippen molar-refractivity contribution in [1.29, 1.82) is 0 Å². The predicted octanol–water partition coefficient (Wildman–Crippen LogP) is 3.40. The summed E-state index contributed by atoms with van der Waals surface area (Å²) in [6, 6.07) is 9.17. The molecule has 0 aliphatic carbocycles. The van der Waals surface area contributed by atoms with Crippen LogP contribution in [0.3, 0.4) is 0 Å². The quantitative estimate of drug-likeness (QED) is 0.163. The Morgan fingerprint density at radius 1 is 0.889 bits per heavy atom. The molecular weight excluding hydrogens is 609 g/mol. The number of amides is 1. The van der Waals surface area contributed by atoms with E-state index in [4.69, 9.17) is 4.42 Å². The molecular formula is C29H21F3N2O11. The zero-order valence-electron chi connectivity index (χ0n) is 22.5. The third-order valence-corrected chi connectivity index (χ3v) is 7.07. The number of aromatic hydroxyl groups is 4. The smallest absolute Gasteiger partial charge is 0.492 e. The van der Waals surface area contributed by atoms with Crippen molar-refractivity contribution in [1.82, 2.24) is 10.4 Å². The second-order valence-corrected chi connectivity index (χ2v) is 9.94. The van der Waals surface area contributed by atoms with Crippen LogP contribution in [0.25, 0.3) is 11.0 Å². The van der Waals surface area contributed by atoms with E-state index in [0.29, 0.717) is 5.06 Å². The van der Waals surface area contributed by atoms with Crippen LogP contribution >= 0.6 is 0 Å². The standard InChI is InChI=1S/C29H21F3N2O11/c30-29(31,32)28(43)45-34-10-15(16(11-34)33-26(40)12-4-6-13(35)7-5-12)25-24(39)22-19(44-25)9-8-18(37)21(22)23(38)20-14(27(41)42)2-1-3-17(20)36/h1-9,15-16,35-37,39H,10-11H2,(H,33,40)(H,41,42). The highest BCUT2D eigenvalue weighted by Gasteiger charge is 2.47. The van der Waals surface area contributed by atoms with E-state index in [-0.39, 0.29) is 22.7 Å². The van der Waals surface area contributed by atoms with Gasteiger partial charge in [0.2, 0.25) is 5.78 Å². The fourth-order valence-electron chi connectivity index (χ4n) is 5.03. The van der Waals surface area contributed by atoms with Gasteiger partial charge in [0, 0.05) is 12.1 Å². The Hall–Kier alpha value is -5.77. The van der Waals surface area contributed by atoms with E-state index >= 15 is 0 Å². The maximum absolute atomic E-state index is 13.6. The highest BCUT2D eigenvalue weighted by molar-refractivity contribution is 6.23. The van der Waals surface area contributed by atoms with Crippen LogP contribution in [0.2, 0.25) is 0 Å². The van der Waals surface area contributed by atoms with Crippen molar-refractivity contribution in [3.8, 4) is 23.0 Å². The van der Waals surface area contributed by atoms with Crippen LogP contribution in [-0.4, -0.2) is 79.5 Å². The first-order chi connectivity index (χ1) is 21.2. The number of carboxylic acid groups (broad SMARTS) is 1. The molecule has 4 aromatic rings. The maximum Gasteiger partial charge on any atom is 0.492 e. The first kappa shape index (κ1) is 30.7. The Bertz CT molecular complexity index is 1850. The van der Waals surface area contributed by atoms with Crippen LogP contribution in [0, 0.1) is 0 Å². The number of ketones is 1. The van der Waals surface area contributed by atoms with Gasteiger partial charge in [-0.15, -0.1) is 5.06 Å². The number of benzene rings is 3. The lowest BCUT2D eigenvalue weighted by Crippen LogP contribution is -2.40. The molecule has 5 rings (SSSR count). The van der Waals surface area contributed by atoms with Crippen LogP contribution in [0.15, 0.2) is 59.0 Å². The van der Waals surface area contributed by atoms with Gasteiger partial charge in [0.15, 0.2) is 11.5 Å². The summed E-state index contributed by atoms with van der Waals surface area (Å²) in [5.74, 6) is -10.1. The molecule has 2 unspecified atom stereocenters. The SMILES string of the molecule is O=C(NC1CN(OC(=O)C(F)(F)F)CC1c1oc2ccc(O)c(C(=O)c3c(O)cccc3C(=O)O)c2c1O)c1ccc(O)cc1. The number of rotatable bonds is 7. The van der Waals surface area contributed by atoms with Crippen LogP contribution < -0.4 is 5.32 Å². The lowest BCUT2D eigenvalue weighted by Gasteiger charge is -2.18. The van der Waals surface area contributed by atoms with Gasteiger partial charge < -0.3 is 40.1 Å². The number of nitrogens with one attached hydrogen (secondary N) is 1. The summed E-state index contributed by atoms with van der Waals surface area (Å²) in [7, 11) is 0. The minimum atomic E-state index is -5.35. The van der Waals surface area contributed by atoms with E-state index in [9.17, 15) is 57.9 Å². The number of carboxylic acids is 1. The van der Waals surface area contributed by atoms with E-state index in [1.165, 1.54) is 30.3 Å². The first-order valence-electron chi connectivity index (χ1n) is 12.9. The number of phenolic OH excluding ortho intramolecular Hbond substituents is 3. The summed E-state index contributed by atoms with van der Waals surface area (Å²) in [6.45, 7) is -1.06. The van der Waals surface area contributed by atoms with Crippen molar-refractivity contribution in [2.45, 2.75) is 18.1 Å². The van der Waals surface area contributed by atoms with Crippen molar-refractivity contribution in [3.63, 3.8) is 0 Å². The highest BCUT2D eigenvalue weighted by Crippen LogP contribution is 2.45. The van der Waals surface area contributed by atoms with Gasteiger partial charge in [-0.05, 0) is 48.5 Å². The van der Waals surface area contributed by atoms with Crippen LogP contribution in [0.5, 0.6) is 23.0 Å². The number of fused-ring (bicyclic) bond motifs is 1. The number of aromatic carboxylic acids is 1. The van der Waals surface area contributed by atoms with Gasteiger partial charge in [0.25, 0.3) is 5.91 Å². The van der Waals surface area contributed by atoms with E-state index in [1.54, 1.807) is 0 Å². The number of furan rings is 1. The Balaban J connectivity index is 1.58. The van der Waals surface area contributed by atoms with Crippen molar-refractivity contribution >= 4 is 34.6 Å². The van der Waals surface area contributed by atoms with Crippen molar-refractivity contribution in [2.75, 3.05) is 13.1 Å². The minimum Gasteiger partial charge on any atom is -0.508 e. The highest BCUT2D eigenvalue weighted by atomic mass is 19.4. The van der Waals surface area contributed by atoms with Crippen molar-refractivity contribution in [2.24, 2.45) is 0 Å². The molecule has 0 spiro atoms. The number of alkyl halides is 3. The molecule has 1 amide bonds. The average molecular weight is 630 g/mol. The number of carbonyl (C=O) groups is 4. The summed E-state index contributed by atoms with van der Waals surface area (Å²) in [5, 5.41) is 54.1. The van der Waals surface area contributed by atoms with Crippen molar-refractivity contribution in [3.05, 3.63) is 82.6 Å². The molecule has 1 aromatic heterocycles. The Morgan fingerprint density at radius 2 is 1.56 bits per heavy atom. The number of nitrogens with zero attached hydrogens (tertiary/aromatic N) is 1. The molecule has 234 valence electrons. The number of hydrogen-bond acceptors (Lipinski definition) is 11. The normalized spacial score (nSPS) is 16.9. The molecule has 6 N–H and O–H groups in total. The lowest BCUT2D eigenvalue weighted by molar-refractivity contribution is -0.235. The second kappa shape index (κ2) is 11.4. The molecule has 0 saturated carbocycles. The van der Waals surface area contributed by atoms with Crippen LogP contribution in [-0.2, 0) is 9.63 Å². The summed E-state index contributed by atoms with van der Waals surface area (Å²) in [4.78, 5) is 54.3. The van der Waals surface area contributed by atoms with E-state index < -0.39 is 94.2 Å². The van der Waals surface area contributed by atoms with Gasteiger partial charge in [0.1, 0.15) is 22.8 Å². The molecule has 1 saturated heterocycles. The summed E-state index contributed by atoms with van der Waals surface area (Å²) < 4.78 is 44.6. The van der Waals surface area contributed by atoms with Crippen molar-refractivity contribution < 1.29 is 67.1 Å². The molecule has 2 heterocycles. The number of hydroxylamine groups is 2. The average Bonchev–Trinajstić information content (AvgIpc) is 3.51. The van der Waals surface area contributed by atoms with E-state index in [2.05, 4.69) is 10.2 Å². The lowest BCUT2D eigenvalue weighted by atomic mass is 9.93. The third-order valence-electron chi connectivity index (χ3n) is 7.07. The Morgan fingerprint density at radius 3 is 2.20 bits per heavy atom. The molecule has 0 bridgehead atoms. The molecule has 1 aliphatic rings. The first-order valence-corrected chi connectivity index (χ1v) is 12.9. The zero-order chi connectivity index (χ0) is 32.8. The van der Waals surface area contributed by atoms with E-state index in [1.807, 2.05) is 0 Å². The summed E-state index contributed by atoms with van der Waals surface area (Å²) in [5.41, 5.74) is -2.17. The number of hydrogen-bond donors (Lipinski definition) is 6. The number of phenols is 3. The molecule has 45 heavy (non-hydrogen) atoms. The molecule has 16 heteroatoms. The van der Waals surface area contributed by atoms with Gasteiger partial charge in [-0.2, -0.15) is 13.2 Å². The molecule has 1 fully saturated rings. The fraction of sp³-hybridized carbons (Fsp3) is 0.172. The molecule has 0 radical (unpaired) electrons. The molecule has 3 aromatic carbocycles. The van der Waals surface area contributed by atoms with E-state index in [0.717, 1.165) is 24.3 Å². The minimum absolute atomic E-state index is 0.0424. The van der Waals surface area contributed by atoms with Gasteiger partial charge in [-0.3, -0.25) is 9.59 Å². The predicted molar refractivity (Wildman–Crippen MR) is 144 cm³/mol. The van der Waals surface area contributed by atoms with Gasteiger partial charge in [-0.25, -0.2) is 9.59 Å². The van der Waals surface area contributed by atoms with Gasteiger partial charge >= 0.3 is 18.1 Å². The third kappa shape index (κ3) is 5.77. The molecule has 1 aliphatic heterocycles. The number of halogens is 3. The molecule has 2 atom stereocenters. The summed E-state index contributed by atoms with van der Waals surface area (Å²) in [6.07, 6.45) is -5.35. The second-order valence-electron chi connectivity index (χ2n) is 9.94. The topological polar surface area (TPSA) is 207 Å². The van der Waals surface area contributed by atoms with Crippen LogP contribution in [0.4, 0.5) is 13.2 Å². The molecule has 13 nitrogen and oxygen atoms in total. The fourth-order valence-corrected chi connectivity index (χ4v) is 5.03. The maximum atomic E-state index is 13.6. The Labute approximate surface area is 249 Å². The van der Waals surface area contributed by atoms with Gasteiger partial charge in [-0.1, -0.05) is 6.07 Å². The number of carbonyl (C=O) groups excluding carboxylic acids is 3. The van der Waals surface area contributed by atoms with Crippen LogP contribution in [0.1, 0.15) is 48.3 Å². The van der Waals surface area contributed by atoms with Gasteiger partial charge in [0.05, 0.1) is 40.6 Å². The Kier molecular flexibility index (Phi) is 7.76.